The highest BCUT2D eigenvalue weighted by Crippen LogP contribution is 2.34. The Morgan fingerprint density at radius 1 is 1.67 bits per heavy atom. The molecule has 4 heteroatoms. The van der Waals surface area contributed by atoms with E-state index in [1.807, 2.05) is 0 Å². The molecule has 0 aromatic rings. The Morgan fingerprint density at radius 2 is 2.33 bits per heavy atom. The molecular formula is C8H10F2O2. The van der Waals surface area contributed by atoms with Crippen molar-refractivity contribution in [2.75, 3.05) is 7.11 Å². The fraction of sp³-hybridized carbons (Fsp3) is 0.625. The minimum Gasteiger partial charge on any atom is -0.466 e. The third kappa shape index (κ3) is 1.62. The van der Waals surface area contributed by atoms with Crippen molar-refractivity contribution < 1.29 is 18.3 Å². The summed E-state index contributed by atoms with van der Waals surface area (Å²) in [5, 5.41) is 0. The molecule has 68 valence electrons. The highest BCUT2D eigenvalue weighted by Gasteiger charge is 2.40. The van der Waals surface area contributed by atoms with Crippen molar-refractivity contribution in [1.29, 1.82) is 0 Å². The SMILES string of the molecule is COC(=O)C1=CCCCC1(F)F. The van der Waals surface area contributed by atoms with Gasteiger partial charge in [-0.15, -0.1) is 0 Å². The normalized spacial score (nSPS) is 21.4. The molecule has 1 aliphatic rings. The van der Waals surface area contributed by atoms with Crippen molar-refractivity contribution in [3.8, 4) is 0 Å². The predicted octanol–water partition coefficient (Wildman–Crippen LogP) is 1.91. The van der Waals surface area contributed by atoms with E-state index in [2.05, 4.69) is 4.74 Å². The first-order valence-corrected chi connectivity index (χ1v) is 3.74. The molecule has 12 heavy (non-hydrogen) atoms. The van der Waals surface area contributed by atoms with Crippen LogP contribution in [0.25, 0.3) is 0 Å². The number of allylic oxidation sites excluding steroid dienone is 1. The number of hydrogen-bond acceptors (Lipinski definition) is 2. The van der Waals surface area contributed by atoms with Crippen molar-refractivity contribution >= 4 is 5.97 Å². The molecule has 0 aromatic carbocycles. The van der Waals surface area contributed by atoms with E-state index in [9.17, 15) is 13.6 Å². The maximum absolute atomic E-state index is 12.9. The van der Waals surface area contributed by atoms with Gasteiger partial charge in [0.05, 0.1) is 7.11 Å². The second-order valence-electron chi connectivity index (χ2n) is 2.71. The Balaban J connectivity index is 2.85. The zero-order valence-corrected chi connectivity index (χ0v) is 6.77. The Labute approximate surface area is 69.2 Å². The molecular weight excluding hydrogens is 166 g/mol. The van der Waals surface area contributed by atoms with E-state index in [1.165, 1.54) is 6.08 Å². The van der Waals surface area contributed by atoms with Crippen molar-refractivity contribution in [3.63, 3.8) is 0 Å². The third-order valence-corrected chi connectivity index (χ3v) is 1.84. The predicted molar refractivity (Wildman–Crippen MR) is 38.9 cm³/mol. The van der Waals surface area contributed by atoms with Crippen LogP contribution in [-0.4, -0.2) is 19.0 Å². The molecule has 1 rings (SSSR count). The van der Waals surface area contributed by atoms with E-state index < -0.39 is 17.5 Å². The van der Waals surface area contributed by atoms with Gasteiger partial charge in [0, 0.05) is 6.42 Å². The summed E-state index contributed by atoms with van der Waals surface area (Å²) in [4.78, 5) is 10.8. The molecule has 0 saturated carbocycles. The van der Waals surface area contributed by atoms with E-state index in [1.54, 1.807) is 0 Å². The number of carbonyl (C=O) groups excluding carboxylic acids is 1. The highest BCUT2D eigenvalue weighted by atomic mass is 19.3. The lowest BCUT2D eigenvalue weighted by atomic mass is 9.95. The molecule has 1 aliphatic carbocycles. The van der Waals surface area contributed by atoms with Gasteiger partial charge >= 0.3 is 5.97 Å². The standard InChI is InChI=1S/C8H10F2O2/c1-12-7(11)6-4-2-3-5-8(6,9)10/h4H,2-3,5H2,1H3. The van der Waals surface area contributed by atoms with E-state index in [-0.39, 0.29) is 6.42 Å². The van der Waals surface area contributed by atoms with Crippen LogP contribution in [-0.2, 0) is 9.53 Å². The fourth-order valence-electron chi connectivity index (χ4n) is 1.20. The molecule has 0 aliphatic heterocycles. The summed E-state index contributed by atoms with van der Waals surface area (Å²) in [5.74, 6) is -3.91. The van der Waals surface area contributed by atoms with Crippen LogP contribution in [0.2, 0.25) is 0 Å². The van der Waals surface area contributed by atoms with Gasteiger partial charge in [0.25, 0.3) is 5.92 Å². The molecule has 0 unspecified atom stereocenters. The lowest BCUT2D eigenvalue weighted by Gasteiger charge is -2.21. The largest absolute Gasteiger partial charge is 0.466 e. The molecule has 0 aromatic heterocycles. The average Bonchev–Trinajstić information content (AvgIpc) is 2.02. The number of alkyl halides is 2. The molecule has 0 bridgehead atoms. The van der Waals surface area contributed by atoms with Crippen LogP contribution in [0, 0.1) is 0 Å². The van der Waals surface area contributed by atoms with Gasteiger partial charge in [-0.05, 0) is 12.8 Å². The van der Waals surface area contributed by atoms with E-state index in [0.29, 0.717) is 12.8 Å². The zero-order chi connectivity index (χ0) is 9.19. The van der Waals surface area contributed by atoms with Gasteiger partial charge in [-0.25, -0.2) is 13.6 Å². The molecule has 0 N–H and O–H groups in total. The maximum atomic E-state index is 12.9. The van der Waals surface area contributed by atoms with Crippen LogP contribution >= 0.6 is 0 Å². The first kappa shape index (κ1) is 9.16. The summed E-state index contributed by atoms with van der Waals surface area (Å²) >= 11 is 0. The van der Waals surface area contributed by atoms with Gasteiger partial charge in [0.1, 0.15) is 5.57 Å². The summed E-state index contributed by atoms with van der Waals surface area (Å²) in [5.41, 5.74) is -0.490. The summed E-state index contributed by atoms with van der Waals surface area (Å²) in [7, 11) is 1.11. The second kappa shape index (κ2) is 3.21. The monoisotopic (exact) mass is 176 g/mol. The number of esters is 1. The van der Waals surface area contributed by atoms with Gasteiger partial charge in [-0.2, -0.15) is 0 Å². The summed E-state index contributed by atoms with van der Waals surface area (Å²) in [6.45, 7) is 0. The Morgan fingerprint density at radius 3 is 2.83 bits per heavy atom. The summed E-state index contributed by atoms with van der Waals surface area (Å²) in [6, 6.07) is 0. The number of hydrogen-bond donors (Lipinski definition) is 0. The Bertz CT molecular complexity index is 221. The molecule has 0 saturated heterocycles. The van der Waals surface area contributed by atoms with Crippen molar-refractivity contribution in [3.05, 3.63) is 11.6 Å². The lowest BCUT2D eigenvalue weighted by molar-refractivity contribution is -0.140. The molecule has 0 heterocycles. The number of rotatable bonds is 1. The smallest absolute Gasteiger partial charge is 0.339 e. The minimum absolute atomic E-state index is 0.256. The van der Waals surface area contributed by atoms with Crippen LogP contribution < -0.4 is 0 Å². The minimum atomic E-state index is -2.99. The van der Waals surface area contributed by atoms with Crippen molar-refractivity contribution in [2.45, 2.75) is 25.2 Å². The summed E-state index contributed by atoms with van der Waals surface area (Å²) < 4.78 is 30.1. The number of halogens is 2. The maximum Gasteiger partial charge on any atom is 0.339 e. The van der Waals surface area contributed by atoms with Crippen molar-refractivity contribution in [1.82, 2.24) is 0 Å². The number of ether oxygens (including phenoxy) is 1. The molecule has 0 spiro atoms. The van der Waals surface area contributed by atoms with Crippen LogP contribution in [0.15, 0.2) is 11.6 Å². The van der Waals surface area contributed by atoms with Gasteiger partial charge in [0.2, 0.25) is 0 Å². The molecule has 0 atom stereocenters. The van der Waals surface area contributed by atoms with E-state index in [4.69, 9.17) is 0 Å². The summed E-state index contributed by atoms with van der Waals surface area (Å²) in [6.07, 6.45) is 1.96. The number of carbonyl (C=O) groups is 1. The molecule has 0 amide bonds. The topological polar surface area (TPSA) is 26.3 Å². The van der Waals surface area contributed by atoms with E-state index in [0.717, 1.165) is 7.11 Å². The van der Waals surface area contributed by atoms with Gasteiger partial charge < -0.3 is 4.74 Å². The van der Waals surface area contributed by atoms with Gasteiger partial charge in [-0.1, -0.05) is 6.08 Å². The quantitative estimate of drug-likeness (QED) is 0.570. The molecule has 2 nitrogen and oxygen atoms in total. The van der Waals surface area contributed by atoms with Crippen LogP contribution in [0.3, 0.4) is 0 Å². The van der Waals surface area contributed by atoms with Gasteiger partial charge in [0.15, 0.2) is 0 Å². The first-order chi connectivity index (χ1) is 5.58. The Hall–Kier alpha value is -0.930. The van der Waals surface area contributed by atoms with Crippen LogP contribution in [0.5, 0.6) is 0 Å². The highest BCUT2D eigenvalue weighted by molar-refractivity contribution is 5.90. The third-order valence-electron chi connectivity index (χ3n) is 1.84. The van der Waals surface area contributed by atoms with Crippen LogP contribution in [0.1, 0.15) is 19.3 Å². The second-order valence-corrected chi connectivity index (χ2v) is 2.71. The average molecular weight is 176 g/mol. The van der Waals surface area contributed by atoms with Crippen LogP contribution in [0.4, 0.5) is 8.78 Å². The Kier molecular flexibility index (Phi) is 2.45. The molecule has 0 radical (unpaired) electrons. The van der Waals surface area contributed by atoms with E-state index >= 15 is 0 Å². The number of methoxy groups -OCH3 is 1. The van der Waals surface area contributed by atoms with Gasteiger partial charge in [-0.3, -0.25) is 0 Å². The fourth-order valence-corrected chi connectivity index (χ4v) is 1.20. The molecule has 0 fully saturated rings. The zero-order valence-electron chi connectivity index (χ0n) is 6.77. The first-order valence-electron chi connectivity index (χ1n) is 3.74. The lowest BCUT2D eigenvalue weighted by Crippen LogP contribution is -2.28. The van der Waals surface area contributed by atoms with Crippen molar-refractivity contribution in [2.24, 2.45) is 0 Å².